The van der Waals surface area contributed by atoms with Gasteiger partial charge in [-0.15, -0.1) is 0 Å². The molecule has 0 spiro atoms. The van der Waals surface area contributed by atoms with Gasteiger partial charge in [0.15, 0.2) is 0 Å². The molecule has 2 N–H and O–H groups in total. The third-order valence-electron chi connectivity index (χ3n) is 2.00. The summed E-state index contributed by atoms with van der Waals surface area (Å²) in [5.74, 6) is -0.226. The molecule has 0 saturated carbocycles. The summed E-state index contributed by atoms with van der Waals surface area (Å²) in [5.41, 5.74) is 0. The lowest BCUT2D eigenvalue weighted by Gasteiger charge is -2.14. The predicted octanol–water partition coefficient (Wildman–Crippen LogP) is 0.546. The zero-order valence-corrected chi connectivity index (χ0v) is 9.25. The van der Waals surface area contributed by atoms with Gasteiger partial charge in [-0.2, -0.15) is 0 Å². The van der Waals surface area contributed by atoms with Gasteiger partial charge in [-0.25, -0.2) is 0 Å². The van der Waals surface area contributed by atoms with Gasteiger partial charge in [-0.05, 0) is 6.42 Å². The van der Waals surface area contributed by atoms with E-state index in [9.17, 15) is 9.90 Å². The Labute approximate surface area is 85.6 Å². The Morgan fingerprint density at radius 2 is 2.21 bits per heavy atom. The van der Waals surface area contributed by atoms with Crippen LogP contribution in [0.25, 0.3) is 0 Å². The maximum atomic E-state index is 11.3. The molecular formula is C10H21NO3. The number of aliphatic hydroxyl groups excluding tert-OH is 1. The Kier molecular flexibility index (Phi) is 7.42. The molecule has 0 fully saturated rings. The molecule has 0 aliphatic rings. The van der Waals surface area contributed by atoms with Crippen LogP contribution in [0.3, 0.4) is 0 Å². The highest BCUT2D eigenvalue weighted by atomic mass is 16.5. The van der Waals surface area contributed by atoms with Crippen molar-refractivity contribution in [2.75, 3.05) is 20.3 Å². The fourth-order valence-electron chi connectivity index (χ4n) is 1.15. The van der Waals surface area contributed by atoms with Crippen molar-refractivity contribution in [3.05, 3.63) is 0 Å². The average molecular weight is 203 g/mol. The van der Waals surface area contributed by atoms with Crippen LogP contribution in [-0.4, -0.2) is 37.4 Å². The molecular weight excluding hydrogens is 182 g/mol. The van der Waals surface area contributed by atoms with E-state index >= 15 is 0 Å². The minimum Gasteiger partial charge on any atom is -0.391 e. The molecule has 0 radical (unpaired) electrons. The number of ether oxygens (including phenoxy) is 1. The number of amides is 1. The van der Waals surface area contributed by atoms with E-state index in [0.29, 0.717) is 13.2 Å². The molecule has 2 unspecified atom stereocenters. The third-order valence-corrected chi connectivity index (χ3v) is 2.00. The molecule has 0 saturated heterocycles. The first-order valence-electron chi connectivity index (χ1n) is 5.06. The first kappa shape index (κ1) is 13.4. The van der Waals surface area contributed by atoms with Crippen molar-refractivity contribution in [1.82, 2.24) is 5.32 Å². The number of carbonyl (C=O) groups excluding carboxylic acids is 1. The minimum absolute atomic E-state index is 0.0676. The van der Waals surface area contributed by atoms with Gasteiger partial charge in [0.25, 0.3) is 0 Å². The van der Waals surface area contributed by atoms with Crippen LogP contribution in [0.5, 0.6) is 0 Å². The standard InChI is InChI=1S/C10H21NO3/c1-4-5-9(12)6-11-10(13)8(2)7-14-3/h8-9,12H,4-7H2,1-3H3,(H,11,13). The number of hydrogen-bond donors (Lipinski definition) is 2. The van der Waals surface area contributed by atoms with E-state index in [1.165, 1.54) is 0 Å². The van der Waals surface area contributed by atoms with Crippen molar-refractivity contribution < 1.29 is 14.6 Å². The van der Waals surface area contributed by atoms with Crippen LogP contribution < -0.4 is 5.32 Å². The van der Waals surface area contributed by atoms with Crippen molar-refractivity contribution in [1.29, 1.82) is 0 Å². The first-order valence-corrected chi connectivity index (χ1v) is 5.06. The second-order valence-electron chi connectivity index (χ2n) is 3.54. The molecule has 4 heteroatoms. The molecule has 0 aromatic carbocycles. The van der Waals surface area contributed by atoms with Crippen LogP contribution in [0.2, 0.25) is 0 Å². The molecule has 2 atom stereocenters. The molecule has 84 valence electrons. The van der Waals surface area contributed by atoms with Gasteiger partial charge in [0, 0.05) is 13.7 Å². The summed E-state index contributed by atoms with van der Waals surface area (Å²) in [6, 6.07) is 0. The predicted molar refractivity (Wildman–Crippen MR) is 55.0 cm³/mol. The summed E-state index contributed by atoms with van der Waals surface area (Å²) < 4.78 is 4.86. The summed E-state index contributed by atoms with van der Waals surface area (Å²) in [5, 5.41) is 12.0. The van der Waals surface area contributed by atoms with Crippen molar-refractivity contribution in [2.45, 2.75) is 32.8 Å². The van der Waals surface area contributed by atoms with Crippen LogP contribution in [0, 0.1) is 5.92 Å². The fourth-order valence-corrected chi connectivity index (χ4v) is 1.15. The lowest BCUT2D eigenvalue weighted by molar-refractivity contribution is -0.126. The first-order chi connectivity index (χ1) is 6.61. The van der Waals surface area contributed by atoms with Gasteiger partial charge in [0.2, 0.25) is 5.91 Å². The Balaban J connectivity index is 3.61. The lowest BCUT2D eigenvalue weighted by atomic mass is 10.1. The molecule has 0 aliphatic heterocycles. The topological polar surface area (TPSA) is 58.6 Å². The van der Waals surface area contributed by atoms with Gasteiger partial charge >= 0.3 is 0 Å². The highest BCUT2D eigenvalue weighted by Crippen LogP contribution is 1.97. The van der Waals surface area contributed by atoms with E-state index in [-0.39, 0.29) is 11.8 Å². The van der Waals surface area contributed by atoms with Crippen LogP contribution >= 0.6 is 0 Å². The third kappa shape index (κ3) is 5.94. The van der Waals surface area contributed by atoms with Gasteiger partial charge in [0.1, 0.15) is 0 Å². The zero-order valence-electron chi connectivity index (χ0n) is 9.25. The molecule has 0 aromatic heterocycles. The summed E-state index contributed by atoms with van der Waals surface area (Å²) in [4.78, 5) is 11.3. The number of hydrogen-bond acceptors (Lipinski definition) is 3. The average Bonchev–Trinajstić information content (AvgIpc) is 2.15. The molecule has 0 rings (SSSR count). The van der Waals surface area contributed by atoms with E-state index in [1.807, 2.05) is 6.92 Å². The smallest absolute Gasteiger partial charge is 0.225 e. The van der Waals surface area contributed by atoms with Crippen molar-refractivity contribution in [3.63, 3.8) is 0 Å². The molecule has 14 heavy (non-hydrogen) atoms. The summed E-state index contributed by atoms with van der Waals surface area (Å²) in [7, 11) is 1.57. The number of aliphatic hydroxyl groups is 1. The van der Waals surface area contributed by atoms with Crippen LogP contribution in [-0.2, 0) is 9.53 Å². The Hall–Kier alpha value is -0.610. The van der Waals surface area contributed by atoms with Crippen LogP contribution in [0.1, 0.15) is 26.7 Å². The largest absolute Gasteiger partial charge is 0.391 e. The molecule has 4 nitrogen and oxygen atoms in total. The van der Waals surface area contributed by atoms with Crippen molar-refractivity contribution >= 4 is 5.91 Å². The highest BCUT2D eigenvalue weighted by molar-refractivity contribution is 5.78. The fraction of sp³-hybridized carbons (Fsp3) is 0.900. The number of carbonyl (C=O) groups is 1. The number of methoxy groups -OCH3 is 1. The Morgan fingerprint density at radius 3 is 2.71 bits per heavy atom. The quantitative estimate of drug-likeness (QED) is 0.635. The molecule has 0 heterocycles. The maximum absolute atomic E-state index is 11.3. The van der Waals surface area contributed by atoms with Gasteiger partial charge < -0.3 is 15.2 Å². The van der Waals surface area contributed by atoms with E-state index in [0.717, 1.165) is 12.8 Å². The Morgan fingerprint density at radius 1 is 1.57 bits per heavy atom. The summed E-state index contributed by atoms with van der Waals surface area (Å²) in [6.45, 7) is 4.54. The van der Waals surface area contributed by atoms with E-state index in [2.05, 4.69) is 5.32 Å². The van der Waals surface area contributed by atoms with Crippen molar-refractivity contribution in [2.24, 2.45) is 5.92 Å². The SMILES string of the molecule is CCCC(O)CNC(=O)C(C)COC. The Bertz CT molecular complexity index is 161. The number of rotatable bonds is 7. The monoisotopic (exact) mass is 203 g/mol. The summed E-state index contributed by atoms with van der Waals surface area (Å²) in [6.07, 6.45) is 1.21. The normalized spacial score (nSPS) is 14.9. The van der Waals surface area contributed by atoms with Crippen LogP contribution in [0.15, 0.2) is 0 Å². The number of nitrogens with one attached hydrogen (secondary N) is 1. The van der Waals surface area contributed by atoms with E-state index in [1.54, 1.807) is 14.0 Å². The molecule has 0 aliphatic carbocycles. The molecule has 0 bridgehead atoms. The molecule has 0 aromatic rings. The van der Waals surface area contributed by atoms with Gasteiger partial charge in [-0.1, -0.05) is 20.3 Å². The van der Waals surface area contributed by atoms with E-state index < -0.39 is 6.10 Å². The zero-order chi connectivity index (χ0) is 11.0. The van der Waals surface area contributed by atoms with Gasteiger partial charge in [-0.3, -0.25) is 4.79 Å². The maximum Gasteiger partial charge on any atom is 0.225 e. The molecule has 1 amide bonds. The second kappa shape index (κ2) is 7.76. The minimum atomic E-state index is -0.432. The lowest BCUT2D eigenvalue weighted by Crippen LogP contribution is -2.36. The van der Waals surface area contributed by atoms with Gasteiger partial charge in [0.05, 0.1) is 18.6 Å². The highest BCUT2D eigenvalue weighted by Gasteiger charge is 2.13. The van der Waals surface area contributed by atoms with E-state index in [4.69, 9.17) is 4.74 Å². The van der Waals surface area contributed by atoms with Crippen molar-refractivity contribution in [3.8, 4) is 0 Å². The summed E-state index contributed by atoms with van der Waals surface area (Å²) >= 11 is 0. The van der Waals surface area contributed by atoms with Crippen LogP contribution in [0.4, 0.5) is 0 Å². The second-order valence-corrected chi connectivity index (χ2v) is 3.54.